The summed E-state index contributed by atoms with van der Waals surface area (Å²) >= 11 is 9.42. The van der Waals surface area contributed by atoms with Crippen LogP contribution in [0.5, 0.6) is 0 Å². The van der Waals surface area contributed by atoms with Gasteiger partial charge in [-0.3, -0.25) is 4.79 Å². The molecule has 0 N–H and O–H groups in total. The van der Waals surface area contributed by atoms with Gasteiger partial charge in [-0.15, -0.1) is 0 Å². The summed E-state index contributed by atoms with van der Waals surface area (Å²) in [6.45, 7) is 7.97. The number of carbonyl (C=O) groups is 1. The van der Waals surface area contributed by atoms with Crippen molar-refractivity contribution in [3.8, 4) is 0 Å². The van der Waals surface area contributed by atoms with E-state index in [1.807, 2.05) is 26.8 Å². The second kappa shape index (κ2) is 8.18. The number of benzene rings is 1. The zero-order valence-corrected chi connectivity index (χ0v) is 19.2. The predicted octanol–water partition coefficient (Wildman–Crippen LogP) is 3.69. The molecule has 2 aromatic rings. The number of carbonyl (C=O) groups excluding carboxylic acids is 1. The molecular formula is C19H23BrClN3O3S. The van der Waals surface area contributed by atoms with E-state index in [0.717, 1.165) is 22.4 Å². The largest absolute Gasteiger partial charge is 0.349 e. The molecule has 0 spiro atoms. The molecule has 1 amide bonds. The maximum atomic E-state index is 12.9. The van der Waals surface area contributed by atoms with Gasteiger partial charge in [-0.2, -0.15) is 4.31 Å². The van der Waals surface area contributed by atoms with Gasteiger partial charge in [-0.1, -0.05) is 27.5 Å². The van der Waals surface area contributed by atoms with Gasteiger partial charge in [0, 0.05) is 48.6 Å². The number of halogens is 2. The number of piperazine rings is 1. The summed E-state index contributed by atoms with van der Waals surface area (Å²) in [5.41, 5.74) is 2.68. The number of aryl methyl sites for hydroxylation is 1. The highest BCUT2D eigenvalue weighted by Gasteiger charge is 2.32. The summed E-state index contributed by atoms with van der Waals surface area (Å²) in [5, 5.41) is 0.180. The fourth-order valence-electron chi connectivity index (χ4n) is 3.63. The van der Waals surface area contributed by atoms with E-state index in [4.69, 9.17) is 11.6 Å². The van der Waals surface area contributed by atoms with Crippen molar-refractivity contribution in [2.24, 2.45) is 0 Å². The lowest BCUT2D eigenvalue weighted by Gasteiger charge is -2.34. The van der Waals surface area contributed by atoms with Crippen LogP contribution in [0.4, 0.5) is 0 Å². The zero-order valence-electron chi connectivity index (χ0n) is 16.1. The molecule has 0 radical (unpaired) electrons. The van der Waals surface area contributed by atoms with Crippen LogP contribution in [0, 0.1) is 13.8 Å². The minimum atomic E-state index is -3.70. The smallest absolute Gasteiger partial charge is 0.255 e. The van der Waals surface area contributed by atoms with Crippen molar-refractivity contribution in [1.29, 1.82) is 0 Å². The Kier molecular flexibility index (Phi) is 6.24. The van der Waals surface area contributed by atoms with E-state index in [2.05, 4.69) is 20.5 Å². The Morgan fingerprint density at radius 2 is 1.79 bits per heavy atom. The average Bonchev–Trinajstić information content (AvgIpc) is 2.94. The van der Waals surface area contributed by atoms with Gasteiger partial charge < -0.3 is 9.47 Å². The molecule has 2 heterocycles. The molecule has 0 aliphatic carbocycles. The highest BCUT2D eigenvalue weighted by atomic mass is 79.9. The zero-order chi connectivity index (χ0) is 20.6. The fraction of sp³-hybridized carbons (Fsp3) is 0.421. The normalized spacial score (nSPS) is 15.8. The number of hydrogen-bond donors (Lipinski definition) is 0. The van der Waals surface area contributed by atoms with Crippen LogP contribution in [0.1, 0.15) is 28.7 Å². The lowest BCUT2D eigenvalue weighted by molar-refractivity contribution is 0.0697. The Balaban J connectivity index is 1.74. The van der Waals surface area contributed by atoms with Gasteiger partial charge in [0.1, 0.15) is 4.90 Å². The molecule has 0 saturated carbocycles. The molecule has 1 fully saturated rings. The van der Waals surface area contributed by atoms with Crippen LogP contribution >= 0.6 is 27.5 Å². The minimum Gasteiger partial charge on any atom is -0.349 e. The molecule has 3 rings (SSSR count). The summed E-state index contributed by atoms with van der Waals surface area (Å²) in [7, 11) is -3.70. The van der Waals surface area contributed by atoms with Crippen molar-refractivity contribution in [3.63, 3.8) is 0 Å². The number of hydrogen-bond acceptors (Lipinski definition) is 3. The highest BCUT2D eigenvalue weighted by Crippen LogP contribution is 2.28. The second-order valence-electron chi connectivity index (χ2n) is 6.80. The molecule has 152 valence electrons. The van der Waals surface area contributed by atoms with Crippen molar-refractivity contribution < 1.29 is 13.2 Å². The molecule has 1 aromatic carbocycles. The van der Waals surface area contributed by atoms with E-state index in [0.29, 0.717) is 18.7 Å². The average molecular weight is 489 g/mol. The molecule has 0 atom stereocenters. The predicted molar refractivity (Wildman–Crippen MR) is 113 cm³/mol. The maximum absolute atomic E-state index is 12.9. The van der Waals surface area contributed by atoms with Gasteiger partial charge in [0.05, 0.1) is 10.6 Å². The van der Waals surface area contributed by atoms with Gasteiger partial charge in [0.2, 0.25) is 10.0 Å². The van der Waals surface area contributed by atoms with Crippen LogP contribution in [-0.4, -0.2) is 54.3 Å². The quantitative estimate of drug-likeness (QED) is 0.659. The molecule has 0 bridgehead atoms. The van der Waals surface area contributed by atoms with Crippen molar-refractivity contribution in [2.75, 3.05) is 26.2 Å². The Bertz CT molecular complexity index is 1010. The third-order valence-corrected chi connectivity index (χ3v) is 8.03. The molecule has 1 aliphatic rings. The van der Waals surface area contributed by atoms with Gasteiger partial charge in [0.25, 0.3) is 5.91 Å². The van der Waals surface area contributed by atoms with Gasteiger partial charge >= 0.3 is 0 Å². The summed E-state index contributed by atoms with van der Waals surface area (Å²) < 4.78 is 30.1. The first-order valence-electron chi connectivity index (χ1n) is 9.08. The van der Waals surface area contributed by atoms with E-state index >= 15 is 0 Å². The molecular weight excluding hydrogens is 466 g/mol. The monoisotopic (exact) mass is 487 g/mol. The van der Waals surface area contributed by atoms with Crippen LogP contribution in [0.15, 0.2) is 33.6 Å². The Morgan fingerprint density at radius 3 is 2.32 bits per heavy atom. The first-order valence-corrected chi connectivity index (χ1v) is 11.7. The SMILES string of the molecule is CCn1c(C)cc(C(=O)N2CCN(S(=O)(=O)c3ccc(Br)cc3Cl)CC2)c1C. The van der Waals surface area contributed by atoms with Crippen molar-refractivity contribution in [2.45, 2.75) is 32.2 Å². The third-order valence-electron chi connectivity index (χ3n) is 5.16. The lowest BCUT2D eigenvalue weighted by atomic mass is 10.2. The van der Waals surface area contributed by atoms with Crippen LogP contribution in [-0.2, 0) is 16.6 Å². The first kappa shape index (κ1) is 21.4. The number of rotatable bonds is 4. The Morgan fingerprint density at radius 1 is 1.14 bits per heavy atom. The van der Waals surface area contributed by atoms with Crippen molar-refractivity contribution >= 4 is 43.5 Å². The topological polar surface area (TPSA) is 62.6 Å². The Labute approximate surface area is 179 Å². The fourth-order valence-corrected chi connectivity index (χ4v) is 6.06. The van der Waals surface area contributed by atoms with Crippen molar-refractivity contribution in [3.05, 3.63) is 50.7 Å². The molecule has 1 aromatic heterocycles. The summed E-state index contributed by atoms with van der Waals surface area (Å²) in [5.74, 6) is -0.0495. The van der Waals surface area contributed by atoms with Crippen LogP contribution in [0.25, 0.3) is 0 Å². The van der Waals surface area contributed by atoms with E-state index < -0.39 is 10.0 Å². The van der Waals surface area contributed by atoms with Crippen LogP contribution in [0.3, 0.4) is 0 Å². The summed E-state index contributed by atoms with van der Waals surface area (Å²) in [6.07, 6.45) is 0. The summed E-state index contributed by atoms with van der Waals surface area (Å²) in [4.78, 5) is 14.7. The maximum Gasteiger partial charge on any atom is 0.255 e. The highest BCUT2D eigenvalue weighted by molar-refractivity contribution is 9.10. The van der Waals surface area contributed by atoms with E-state index in [1.54, 1.807) is 17.0 Å². The molecule has 28 heavy (non-hydrogen) atoms. The molecule has 9 heteroatoms. The molecule has 6 nitrogen and oxygen atoms in total. The Hall–Kier alpha value is -1.35. The van der Waals surface area contributed by atoms with E-state index in [9.17, 15) is 13.2 Å². The van der Waals surface area contributed by atoms with Gasteiger partial charge in [-0.05, 0) is 45.0 Å². The number of amides is 1. The second-order valence-corrected chi connectivity index (χ2v) is 10.0. The van der Waals surface area contributed by atoms with Crippen molar-refractivity contribution in [1.82, 2.24) is 13.8 Å². The minimum absolute atomic E-state index is 0.0495. The van der Waals surface area contributed by atoms with E-state index in [1.165, 1.54) is 10.4 Å². The van der Waals surface area contributed by atoms with E-state index in [-0.39, 0.29) is 28.9 Å². The molecule has 1 saturated heterocycles. The van der Waals surface area contributed by atoms with Crippen LogP contribution in [0.2, 0.25) is 5.02 Å². The van der Waals surface area contributed by atoms with Gasteiger partial charge in [-0.25, -0.2) is 8.42 Å². The number of aromatic nitrogens is 1. The van der Waals surface area contributed by atoms with Crippen LogP contribution < -0.4 is 0 Å². The third kappa shape index (κ3) is 3.87. The molecule has 1 aliphatic heterocycles. The lowest BCUT2D eigenvalue weighted by Crippen LogP contribution is -2.50. The number of nitrogens with zero attached hydrogens (tertiary/aromatic N) is 3. The molecule has 0 unspecified atom stereocenters. The standard InChI is InChI=1S/C19H23BrClN3O3S/c1-4-24-13(2)11-16(14(24)3)19(25)22-7-9-23(10-8-22)28(26,27)18-6-5-15(20)12-17(18)21/h5-6,11-12H,4,7-10H2,1-3H3. The first-order chi connectivity index (χ1) is 13.2. The number of sulfonamides is 1. The van der Waals surface area contributed by atoms with Gasteiger partial charge in [0.15, 0.2) is 0 Å². The summed E-state index contributed by atoms with van der Waals surface area (Å²) in [6, 6.07) is 6.63.